The Labute approximate surface area is 173 Å². The molecule has 1 saturated heterocycles. The molecule has 0 saturated carbocycles. The van der Waals surface area contributed by atoms with E-state index in [2.05, 4.69) is 0 Å². The first-order chi connectivity index (χ1) is 14.1. The summed E-state index contributed by atoms with van der Waals surface area (Å²) in [7, 11) is 0. The Bertz CT molecular complexity index is 1070. The predicted octanol–water partition coefficient (Wildman–Crippen LogP) is 4.42. The number of ether oxygens (including phenoxy) is 1. The van der Waals surface area contributed by atoms with Gasteiger partial charge in [0, 0.05) is 5.56 Å². The Hall–Kier alpha value is -3.33. The topological polar surface area (TPSA) is 75.7 Å². The van der Waals surface area contributed by atoms with Gasteiger partial charge in [0.2, 0.25) is 0 Å². The lowest BCUT2D eigenvalue weighted by atomic mass is 10.1. The molecule has 3 rings (SSSR count). The molecule has 10 heteroatoms. The van der Waals surface area contributed by atoms with Crippen molar-refractivity contribution in [2.75, 3.05) is 11.5 Å². The van der Waals surface area contributed by atoms with E-state index in [9.17, 15) is 27.6 Å². The Morgan fingerprint density at radius 2 is 1.83 bits per heavy atom. The standard InChI is InChI=1S/C20H14ClF3N2O4/c1-2-30-16-6-4-3-5-11(16)9-13-17(27)25-19(29)26(18(13)28)15-10-12(20(22,23)24)7-8-14(15)21/h3-10H,2H2,1H3,(H,25,27,29)/b13-9-. The van der Waals surface area contributed by atoms with E-state index < -0.39 is 40.8 Å². The van der Waals surface area contributed by atoms with Crippen LogP contribution in [-0.4, -0.2) is 24.5 Å². The highest BCUT2D eigenvalue weighted by Crippen LogP contribution is 2.36. The first-order valence-electron chi connectivity index (χ1n) is 8.63. The van der Waals surface area contributed by atoms with E-state index in [0.717, 1.165) is 12.1 Å². The molecule has 0 atom stereocenters. The molecule has 4 amide bonds. The van der Waals surface area contributed by atoms with E-state index in [1.807, 2.05) is 5.32 Å². The number of rotatable bonds is 4. The summed E-state index contributed by atoms with van der Waals surface area (Å²) in [5.41, 5.74) is -1.69. The number of para-hydroxylation sites is 1. The number of alkyl halides is 3. The highest BCUT2D eigenvalue weighted by atomic mass is 35.5. The van der Waals surface area contributed by atoms with Crippen molar-refractivity contribution >= 4 is 41.2 Å². The molecule has 1 N–H and O–H groups in total. The normalized spacial score (nSPS) is 16.1. The fourth-order valence-corrected chi connectivity index (χ4v) is 2.98. The van der Waals surface area contributed by atoms with Crippen LogP contribution in [0.2, 0.25) is 5.02 Å². The largest absolute Gasteiger partial charge is 0.493 e. The molecule has 30 heavy (non-hydrogen) atoms. The molecule has 2 aromatic rings. The fourth-order valence-electron chi connectivity index (χ4n) is 2.78. The molecule has 1 aliphatic rings. The maximum atomic E-state index is 13.1. The fraction of sp³-hybridized carbons (Fsp3) is 0.150. The maximum Gasteiger partial charge on any atom is 0.416 e. The second-order valence-electron chi connectivity index (χ2n) is 6.09. The van der Waals surface area contributed by atoms with Gasteiger partial charge in [0.25, 0.3) is 11.8 Å². The van der Waals surface area contributed by atoms with Crippen molar-refractivity contribution < 1.29 is 32.3 Å². The minimum absolute atomic E-state index is 0.269. The highest BCUT2D eigenvalue weighted by Gasteiger charge is 2.39. The van der Waals surface area contributed by atoms with Crippen molar-refractivity contribution in [3.05, 3.63) is 64.2 Å². The Morgan fingerprint density at radius 1 is 1.13 bits per heavy atom. The average Bonchev–Trinajstić information content (AvgIpc) is 2.67. The zero-order valence-electron chi connectivity index (χ0n) is 15.4. The molecule has 2 aromatic carbocycles. The zero-order valence-corrected chi connectivity index (χ0v) is 16.2. The second-order valence-corrected chi connectivity index (χ2v) is 6.50. The number of amides is 4. The number of benzene rings is 2. The van der Waals surface area contributed by atoms with Crippen LogP contribution in [0.5, 0.6) is 5.75 Å². The minimum Gasteiger partial charge on any atom is -0.493 e. The molecule has 0 unspecified atom stereocenters. The number of urea groups is 1. The molecule has 156 valence electrons. The van der Waals surface area contributed by atoms with E-state index in [1.165, 1.54) is 6.08 Å². The van der Waals surface area contributed by atoms with Gasteiger partial charge in [-0.2, -0.15) is 13.2 Å². The summed E-state index contributed by atoms with van der Waals surface area (Å²) in [5.74, 6) is -1.72. The van der Waals surface area contributed by atoms with E-state index in [0.29, 0.717) is 28.9 Å². The van der Waals surface area contributed by atoms with E-state index in [4.69, 9.17) is 16.3 Å². The lowest BCUT2D eigenvalue weighted by molar-refractivity contribution is -0.137. The average molecular weight is 439 g/mol. The minimum atomic E-state index is -4.72. The van der Waals surface area contributed by atoms with Crippen LogP contribution in [0.3, 0.4) is 0 Å². The number of hydrogen-bond acceptors (Lipinski definition) is 4. The van der Waals surface area contributed by atoms with E-state index >= 15 is 0 Å². The molecule has 0 aromatic heterocycles. The number of carbonyl (C=O) groups is 3. The molecule has 1 heterocycles. The molecule has 6 nitrogen and oxygen atoms in total. The van der Waals surface area contributed by atoms with Gasteiger partial charge in [0.05, 0.1) is 22.9 Å². The van der Waals surface area contributed by atoms with Crippen molar-refractivity contribution in [3.8, 4) is 5.75 Å². The SMILES string of the molecule is CCOc1ccccc1/C=C1/C(=O)NC(=O)N(c2cc(C(F)(F)F)ccc2Cl)C1=O. The third kappa shape index (κ3) is 4.16. The smallest absolute Gasteiger partial charge is 0.416 e. The van der Waals surface area contributed by atoms with Crippen LogP contribution in [0.1, 0.15) is 18.1 Å². The van der Waals surface area contributed by atoms with Crippen LogP contribution in [0.25, 0.3) is 6.08 Å². The van der Waals surface area contributed by atoms with Crippen LogP contribution in [0.4, 0.5) is 23.7 Å². The third-order valence-electron chi connectivity index (χ3n) is 4.13. The van der Waals surface area contributed by atoms with E-state index in [1.54, 1.807) is 31.2 Å². The van der Waals surface area contributed by atoms with Gasteiger partial charge in [0.15, 0.2) is 0 Å². The van der Waals surface area contributed by atoms with Crippen LogP contribution in [0.15, 0.2) is 48.0 Å². The Balaban J connectivity index is 2.09. The highest BCUT2D eigenvalue weighted by molar-refractivity contribution is 6.42. The molecule has 0 spiro atoms. The summed E-state index contributed by atoms with van der Waals surface area (Å²) >= 11 is 5.96. The van der Waals surface area contributed by atoms with Crippen molar-refractivity contribution in [2.45, 2.75) is 13.1 Å². The van der Waals surface area contributed by atoms with Gasteiger partial charge in [0.1, 0.15) is 11.3 Å². The van der Waals surface area contributed by atoms with Crippen LogP contribution in [0, 0.1) is 0 Å². The first-order valence-corrected chi connectivity index (χ1v) is 9.01. The van der Waals surface area contributed by atoms with E-state index in [-0.39, 0.29) is 5.02 Å². The van der Waals surface area contributed by atoms with Gasteiger partial charge >= 0.3 is 12.2 Å². The molecule has 0 bridgehead atoms. The number of halogens is 4. The number of carbonyl (C=O) groups excluding carboxylic acids is 3. The summed E-state index contributed by atoms with van der Waals surface area (Å²) in [6.07, 6.45) is -3.52. The van der Waals surface area contributed by atoms with Gasteiger partial charge in [-0.1, -0.05) is 29.8 Å². The summed E-state index contributed by atoms with van der Waals surface area (Å²) in [6.45, 7) is 2.07. The first kappa shape index (κ1) is 21.4. The number of nitrogens with zero attached hydrogens (tertiary/aromatic N) is 1. The number of nitrogens with one attached hydrogen (secondary N) is 1. The number of barbiturate groups is 1. The van der Waals surface area contributed by atoms with Gasteiger partial charge in [-0.3, -0.25) is 14.9 Å². The quantitative estimate of drug-likeness (QED) is 0.566. The molecular formula is C20H14ClF3N2O4. The molecule has 1 aliphatic heterocycles. The maximum absolute atomic E-state index is 13.1. The number of anilines is 1. The van der Waals surface area contributed by atoms with Gasteiger partial charge in [-0.25, -0.2) is 9.69 Å². The van der Waals surface area contributed by atoms with Crippen LogP contribution >= 0.6 is 11.6 Å². The number of imide groups is 2. The molecule has 0 radical (unpaired) electrons. The van der Waals surface area contributed by atoms with Gasteiger partial charge < -0.3 is 4.74 Å². The molecule has 0 aliphatic carbocycles. The lowest BCUT2D eigenvalue weighted by Gasteiger charge is -2.27. The second kappa shape index (κ2) is 8.19. The lowest BCUT2D eigenvalue weighted by Crippen LogP contribution is -2.54. The molecular weight excluding hydrogens is 425 g/mol. The van der Waals surface area contributed by atoms with Gasteiger partial charge in [-0.05, 0) is 37.3 Å². The van der Waals surface area contributed by atoms with Crippen LogP contribution < -0.4 is 15.0 Å². The van der Waals surface area contributed by atoms with Gasteiger partial charge in [-0.15, -0.1) is 0 Å². The predicted molar refractivity (Wildman–Crippen MR) is 103 cm³/mol. The summed E-state index contributed by atoms with van der Waals surface area (Å²) in [4.78, 5) is 37.9. The number of hydrogen-bond donors (Lipinski definition) is 1. The third-order valence-corrected chi connectivity index (χ3v) is 4.45. The Morgan fingerprint density at radius 3 is 2.50 bits per heavy atom. The zero-order chi connectivity index (χ0) is 22.1. The summed E-state index contributed by atoms with van der Waals surface area (Å²) < 4.78 is 44.7. The van der Waals surface area contributed by atoms with Crippen molar-refractivity contribution in [2.24, 2.45) is 0 Å². The monoisotopic (exact) mass is 438 g/mol. The van der Waals surface area contributed by atoms with Crippen molar-refractivity contribution in [3.63, 3.8) is 0 Å². The molecule has 1 fully saturated rings. The summed E-state index contributed by atoms with van der Waals surface area (Å²) in [5, 5.41) is 1.68. The van der Waals surface area contributed by atoms with Crippen LogP contribution in [-0.2, 0) is 15.8 Å². The Kier molecular flexibility index (Phi) is 5.84. The summed E-state index contributed by atoms with van der Waals surface area (Å²) in [6, 6.07) is 7.54. The van der Waals surface area contributed by atoms with Crippen molar-refractivity contribution in [1.29, 1.82) is 0 Å². The van der Waals surface area contributed by atoms with Crippen molar-refractivity contribution in [1.82, 2.24) is 5.32 Å².